The number of rotatable bonds is 7. The number of carbonyl (C=O) groups excluding carboxylic acids is 1. The molecule has 0 unspecified atom stereocenters. The highest BCUT2D eigenvalue weighted by Crippen LogP contribution is 2.19. The second-order valence-corrected chi connectivity index (χ2v) is 5.19. The summed E-state index contributed by atoms with van der Waals surface area (Å²) >= 11 is 5.96. The first-order valence-corrected chi connectivity index (χ1v) is 6.84. The third kappa shape index (κ3) is 6.05. The average Bonchev–Trinajstić information content (AvgIpc) is 2.37. The highest BCUT2D eigenvalue weighted by molar-refractivity contribution is 6.33. The molecule has 0 saturated heterocycles. The maximum atomic E-state index is 11.7. The van der Waals surface area contributed by atoms with Gasteiger partial charge in [0.2, 0.25) is 5.91 Å². The lowest BCUT2D eigenvalue weighted by Crippen LogP contribution is -2.36. The molecule has 4 nitrogen and oxygen atoms in total. The van der Waals surface area contributed by atoms with Crippen LogP contribution in [0.5, 0.6) is 0 Å². The fourth-order valence-electron chi connectivity index (χ4n) is 1.47. The zero-order valence-electron chi connectivity index (χ0n) is 11.7. The standard InChI is InChI=1S/C14H22ClN3O/c1-11(2)18(3)9-8-16-10-14(19)17-13-7-5-4-6-12(13)15/h4-7,11,16H,8-10H2,1-3H3,(H,17,19). The van der Waals surface area contributed by atoms with Crippen molar-refractivity contribution in [1.82, 2.24) is 10.2 Å². The van der Waals surface area contributed by atoms with Crippen LogP contribution in [-0.2, 0) is 4.79 Å². The lowest BCUT2D eigenvalue weighted by atomic mass is 10.3. The van der Waals surface area contributed by atoms with Crippen molar-refractivity contribution in [2.75, 3.05) is 32.0 Å². The molecule has 0 aliphatic carbocycles. The highest BCUT2D eigenvalue weighted by atomic mass is 35.5. The van der Waals surface area contributed by atoms with E-state index in [1.54, 1.807) is 12.1 Å². The summed E-state index contributed by atoms with van der Waals surface area (Å²) in [5, 5.41) is 6.44. The van der Waals surface area contributed by atoms with Gasteiger partial charge in [0, 0.05) is 19.1 Å². The van der Waals surface area contributed by atoms with Crippen LogP contribution in [0.2, 0.25) is 5.02 Å². The molecular formula is C14H22ClN3O. The van der Waals surface area contributed by atoms with E-state index < -0.39 is 0 Å². The molecule has 106 valence electrons. The van der Waals surface area contributed by atoms with Gasteiger partial charge < -0.3 is 15.5 Å². The summed E-state index contributed by atoms with van der Waals surface area (Å²) in [5.74, 6) is -0.0831. The van der Waals surface area contributed by atoms with Crippen molar-refractivity contribution in [3.05, 3.63) is 29.3 Å². The molecule has 1 rings (SSSR count). The zero-order chi connectivity index (χ0) is 14.3. The molecule has 1 aromatic rings. The minimum atomic E-state index is -0.0831. The predicted octanol–water partition coefficient (Wildman–Crippen LogP) is 2.21. The Balaban J connectivity index is 2.24. The number of carbonyl (C=O) groups is 1. The van der Waals surface area contributed by atoms with Gasteiger partial charge in [-0.05, 0) is 33.0 Å². The van der Waals surface area contributed by atoms with Gasteiger partial charge in [0.25, 0.3) is 0 Å². The van der Waals surface area contributed by atoms with Crippen LogP contribution in [0.1, 0.15) is 13.8 Å². The number of benzene rings is 1. The second-order valence-electron chi connectivity index (χ2n) is 4.78. The van der Waals surface area contributed by atoms with Crippen LogP contribution in [0.4, 0.5) is 5.69 Å². The molecule has 5 heteroatoms. The van der Waals surface area contributed by atoms with Crippen molar-refractivity contribution in [3.8, 4) is 0 Å². The number of para-hydroxylation sites is 1. The van der Waals surface area contributed by atoms with E-state index in [1.807, 2.05) is 12.1 Å². The molecule has 1 amide bonds. The average molecular weight is 284 g/mol. The van der Waals surface area contributed by atoms with Crippen LogP contribution in [0.25, 0.3) is 0 Å². The molecule has 2 N–H and O–H groups in total. The molecule has 0 aromatic heterocycles. The van der Waals surface area contributed by atoms with Crippen molar-refractivity contribution in [2.24, 2.45) is 0 Å². The van der Waals surface area contributed by atoms with Gasteiger partial charge >= 0.3 is 0 Å². The van der Waals surface area contributed by atoms with Gasteiger partial charge in [-0.3, -0.25) is 4.79 Å². The van der Waals surface area contributed by atoms with Crippen LogP contribution < -0.4 is 10.6 Å². The van der Waals surface area contributed by atoms with Gasteiger partial charge in [-0.25, -0.2) is 0 Å². The fourth-order valence-corrected chi connectivity index (χ4v) is 1.66. The second kappa shape index (κ2) is 8.15. The molecule has 0 radical (unpaired) electrons. The van der Waals surface area contributed by atoms with E-state index in [2.05, 4.69) is 36.4 Å². The molecule has 0 atom stereocenters. The minimum Gasteiger partial charge on any atom is -0.324 e. The number of nitrogens with one attached hydrogen (secondary N) is 2. The number of likely N-dealkylation sites (N-methyl/N-ethyl adjacent to an activating group) is 1. The molecule has 0 saturated carbocycles. The Kier molecular flexibility index (Phi) is 6.84. The molecule has 0 fully saturated rings. The normalized spacial score (nSPS) is 11.1. The Morgan fingerprint density at radius 2 is 2.05 bits per heavy atom. The van der Waals surface area contributed by atoms with Gasteiger partial charge in [-0.15, -0.1) is 0 Å². The first-order chi connectivity index (χ1) is 9.00. The predicted molar refractivity (Wildman–Crippen MR) is 80.7 cm³/mol. The summed E-state index contributed by atoms with van der Waals surface area (Å²) in [7, 11) is 2.07. The summed E-state index contributed by atoms with van der Waals surface area (Å²) in [6.07, 6.45) is 0. The largest absolute Gasteiger partial charge is 0.324 e. The Labute approximate surface area is 120 Å². The van der Waals surface area contributed by atoms with E-state index in [0.29, 0.717) is 16.8 Å². The minimum absolute atomic E-state index is 0.0831. The third-order valence-electron chi connectivity index (χ3n) is 2.96. The van der Waals surface area contributed by atoms with Crippen molar-refractivity contribution >= 4 is 23.2 Å². The molecule has 0 spiro atoms. The Morgan fingerprint density at radius 3 is 2.68 bits per heavy atom. The summed E-state index contributed by atoms with van der Waals surface area (Å²) in [6, 6.07) is 7.72. The van der Waals surface area contributed by atoms with Gasteiger partial charge in [0.15, 0.2) is 0 Å². The topological polar surface area (TPSA) is 44.4 Å². The van der Waals surface area contributed by atoms with Gasteiger partial charge in [0.05, 0.1) is 17.3 Å². The lowest BCUT2D eigenvalue weighted by Gasteiger charge is -2.20. The number of anilines is 1. The van der Waals surface area contributed by atoms with E-state index in [9.17, 15) is 4.79 Å². The molecule has 19 heavy (non-hydrogen) atoms. The number of hydrogen-bond donors (Lipinski definition) is 2. The molecule has 0 bridgehead atoms. The number of amides is 1. The Bertz CT molecular complexity index is 409. The van der Waals surface area contributed by atoms with E-state index >= 15 is 0 Å². The smallest absolute Gasteiger partial charge is 0.238 e. The zero-order valence-corrected chi connectivity index (χ0v) is 12.5. The van der Waals surface area contributed by atoms with Crippen LogP contribution >= 0.6 is 11.6 Å². The molecule has 1 aromatic carbocycles. The highest BCUT2D eigenvalue weighted by Gasteiger charge is 2.05. The summed E-state index contributed by atoms with van der Waals surface area (Å²) < 4.78 is 0. The van der Waals surface area contributed by atoms with Gasteiger partial charge in [-0.2, -0.15) is 0 Å². The van der Waals surface area contributed by atoms with Crippen LogP contribution in [0.15, 0.2) is 24.3 Å². The quantitative estimate of drug-likeness (QED) is 0.754. The molecule has 0 aliphatic heterocycles. The van der Waals surface area contributed by atoms with E-state index in [4.69, 9.17) is 11.6 Å². The maximum absolute atomic E-state index is 11.7. The Hall–Kier alpha value is -1.10. The van der Waals surface area contributed by atoms with E-state index in [-0.39, 0.29) is 12.5 Å². The van der Waals surface area contributed by atoms with Gasteiger partial charge in [-0.1, -0.05) is 23.7 Å². The molecular weight excluding hydrogens is 262 g/mol. The first kappa shape index (κ1) is 16.0. The number of nitrogens with zero attached hydrogens (tertiary/aromatic N) is 1. The number of hydrogen-bond acceptors (Lipinski definition) is 3. The van der Waals surface area contributed by atoms with Crippen LogP contribution in [-0.4, -0.2) is 43.5 Å². The fraction of sp³-hybridized carbons (Fsp3) is 0.500. The number of halogens is 1. The lowest BCUT2D eigenvalue weighted by molar-refractivity contribution is -0.115. The molecule has 0 aliphatic rings. The van der Waals surface area contributed by atoms with Crippen molar-refractivity contribution < 1.29 is 4.79 Å². The molecule has 0 heterocycles. The summed E-state index contributed by atoms with van der Waals surface area (Å²) in [6.45, 7) is 6.27. The summed E-state index contributed by atoms with van der Waals surface area (Å²) in [4.78, 5) is 13.9. The van der Waals surface area contributed by atoms with E-state index in [0.717, 1.165) is 13.1 Å². The van der Waals surface area contributed by atoms with Crippen molar-refractivity contribution in [3.63, 3.8) is 0 Å². The van der Waals surface area contributed by atoms with Crippen LogP contribution in [0.3, 0.4) is 0 Å². The van der Waals surface area contributed by atoms with Crippen molar-refractivity contribution in [2.45, 2.75) is 19.9 Å². The monoisotopic (exact) mass is 283 g/mol. The van der Waals surface area contributed by atoms with E-state index in [1.165, 1.54) is 0 Å². The summed E-state index contributed by atoms with van der Waals surface area (Å²) in [5.41, 5.74) is 0.648. The SMILES string of the molecule is CC(C)N(C)CCNCC(=O)Nc1ccccc1Cl. The van der Waals surface area contributed by atoms with Crippen LogP contribution in [0, 0.1) is 0 Å². The maximum Gasteiger partial charge on any atom is 0.238 e. The third-order valence-corrected chi connectivity index (χ3v) is 3.29. The Morgan fingerprint density at radius 1 is 1.37 bits per heavy atom. The van der Waals surface area contributed by atoms with Gasteiger partial charge in [0.1, 0.15) is 0 Å². The first-order valence-electron chi connectivity index (χ1n) is 6.46. The van der Waals surface area contributed by atoms with Crippen molar-refractivity contribution in [1.29, 1.82) is 0 Å².